The van der Waals surface area contributed by atoms with Crippen LogP contribution in [0.3, 0.4) is 0 Å². The first-order valence-electron chi connectivity index (χ1n) is 8.18. The molecule has 4 rings (SSSR count). The molecule has 3 heterocycles. The third kappa shape index (κ3) is 2.91. The highest BCUT2D eigenvalue weighted by Gasteiger charge is 2.14. The topological polar surface area (TPSA) is 59.5 Å². The van der Waals surface area contributed by atoms with Crippen LogP contribution in [-0.2, 0) is 0 Å². The number of aromatic nitrogens is 4. The predicted molar refractivity (Wildman–Crippen MR) is 105 cm³/mol. The fourth-order valence-corrected chi connectivity index (χ4v) is 3.73. The lowest BCUT2D eigenvalue weighted by atomic mass is 10.0. The lowest BCUT2D eigenvalue weighted by Crippen LogP contribution is -2.08. The molecular formula is C19H16N6S. The number of para-hydroxylation sites is 1. The van der Waals surface area contributed by atoms with E-state index in [0.717, 1.165) is 32.3 Å². The van der Waals surface area contributed by atoms with Gasteiger partial charge in [0.2, 0.25) is 0 Å². The van der Waals surface area contributed by atoms with Gasteiger partial charge in [-0.1, -0.05) is 35.6 Å². The van der Waals surface area contributed by atoms with E-state index in [1.165, 1.54) is 0 Å². The van der Waals surface area contributed by atoms with E-state index in [2.05, 4.69) is 45.3 Å². The fraction of sp³-hybridized carbons (Fsp3) is 0.158. The molecule has 0 atom stereocenters. The van der Waals surface area contributed by atoms with Crippen molar-refractivity contribution in [2.24, 2.45) is 0 Å². The van der Waals surface area contributed by atoms with Crippen LogP contribution in [0, 0.1) is 6.57 Å². The fourth-order valence-electron chi connectivity index (χ4n) is 2.79. The van der Waals surface area contributed by atoms with Gasteiger partial charge in [-0.05, 0) is 25.5 Å². The van der Waals surface area contributed by atoms with Gasteiger partial charge in [0.15, 0.2) is 16.5 Å². The molecule has 0 fully saturated rings. The third-order valence-electron chi connectivity index (χ3n) is 3.91. The standard InChI is InChI=1S/C19H16N6S/c1-12(2)23-19-21-9-17(26-19)13-8-15(18-24-22-11-25(18)10-13)14-6-4-5-7-16(14)20-3/h4-12H,1-2H3,(H,21,23). The van der Waals surface area contributed by atoms with Gasteiger partial charge in [0, 0.05) is 29.6 Å². The van der Waals surface area contributed by atoms with Gasteiger partial charge >= 0.3 is 0 Å². The average molecular weight is 360 g/mol. The summed E-state index contributed by atoms with van der Waals surface area (Å²) in [6.07, 6.45) is 5.54. The molecule has 0 spiro atoms. The van der Waals surface area contributed by atoms with Crippen molar-refractivity contribution in [3.05, 3.63) is 60.5 Å². The molecule has 0 bridgehead atoms. The van der Waals surface area contributed by atoms with Crippen LogP contribution in [0.1, 0.15) is 13.8 Å². The zero-order chi connectivity index (χ0) is 18.1. The molecule has 1 aromatic carbocycles. The van der Waals surface area contributed by atoms with Gasteiger partial charge in [0.25, 0.3) is 0 Å². The Morgan fingerprint density at radius 3 is 2.88 bits per heavy atom. The molecule has 26 heavy (non-hydrogen) atoms. The van der Waals surface area contributed by atoms with Gasteiger partial charge in [-0.25, -0.2) is 9.83 Å². The minimum absolute atomic E-state index is 0.329. The molecule has 0 unspecified atom stereocenters. The zero-order valence-corrected chi connectivity index (χ0v) is 15.2. The Morgan fingerprint density at radius 1 is 1.23 bits per heavy atom. The number of nitrogens with zero attached hydrogens (tertiary/aromatic N) is 5. The van der Waals surface area contributed by atoms with Crippen molar-refractivity contribution in [2.75, 3.05) is 5.32 Å². The van der Waals surface area contributed by atoms with Crippen LogP contribution in [0.2, 0.25) is 0 Å². The first-order chi connectivity index (χ1) is 12.7. The van der Waals surface area contributed by atoms with E-state index in [4.69, 9.17) is 6.57 Å². The summed E-state index contributed by atoms with van der Waals surface area (Å²) >= 11 is 1.60. The first kappa shape index (κ1) is 16.2. The highest BCUT2D eigenvalue weighted by molar-refractivity contribution is 7.18. The predicted octanol–water partition coefficient (Wildman–Crippen LogP) is 4.89. The SMILES string of the molecule is [C-]#[N+]c1ccccc1-c1cc(-c2cnc(NC(C)C)s2)cn2cnnc12. The number of hydrogen-bond donors (Lipinski definition) is 1. The van der Waals surface area contributed by atoms with E-state index < -0.39 is 0 Å². The maximum atomic E-state index is 7.46. The Labute approximate surface area is 155 Å². The Balaban J connectivity index is 1.88. The quantitative estimate of drug-likeness (QED) is 0.526. The molecule has 1 N–H and O–H groups in total. The van der Waals surface area contributed by atoms with E-state index >= 15 is 0 Å². The molecule has 3 aromatic heterocycles. The summed E-state index contributed by atoms with van der Waals surface area (Å²) in [7, 11) is 0. The molecule has 0 saturated carbocycles. The van der Waals surface area contributed by atoms with Crippen LogP contribution in [-0.4, -0.2) is 25.6 Å². The number of hydrogen-bond acceptors (Lipinski definition) is 5. The largest absolute Gasteiger partial charge is 0.359 e. The molecule has 128 valence electrons. The van der Waals surface area contributed by atoms with Crippen molar-refractivity contribution in [3.8, 4) is 21.6 Å². The van der Waals surface area contributed by atoms with Crippen LogP contribution in [0.5, 0.6) is 0 Å². The maximum absolute atomic E-state index is 7.46. The second-order valence-electron chi connectivity index (χ2n) is 6.16. The monoisotopic (exact) mass is 360 g/mol. The molecule has 0 radical (unpaired) electrons. The molecule has 6 nitrogen and oxygen atoms in total. The van der Waals surface area contributed by atoms with Gasteiger partial charge in [-0.3, -0.25) is 4.40 Å². The number of rotatable bonds is 4. The molecule has 0 aliphatic heterocycles. The lowest BCUT2D eigenvalue weighted by molar-refractivity contribution is 0.896. The summed E-state index contributed by atoms with van der Waals surface area (Å²) in [5, 5.41) is 12.5. The van der Waals surface area contributed by atoms with E-state index in [1.807, 2.05) is 41.1 Å². The summed E-state index contributed by atoms with van der Waals surface area (Å²) in [6, 6.07) is 9.95. The van der Waals surface area contributed by atoms with Gasteiger partial charge < -0.3 is 5.32 Å². The van der Waals surface area contributed by atoms with Crippen LogP contribution >= 0.6 is 11.3 Å². The Kier molecular flexibility index (Phi) is 4.11. The van der Waals surface area contributed by atoms with Crippen LogP contribution in [0.25, 0.3) is 32.1 Å². The summed E-state index contributed by atoms with van der Waals surface area (Å²) in [5.74, 6) is 0. The van der Waals surface area contributed by atoms with Crippen molar-refractivity contribution in [2.45, 2.75) is 19.9 Å². The highest BCUT2D eigenvalue weighted by Crippen LogP contribution is 2.37. The average Bonchev–Trinajstić information content (AvgIpc) is 3.29. The van der Waals surface area contributed by atoms with Crippen molar-refractivity contribution >= 4 is 27.8 Å². The normalized spacial score (nSPS) is 11.0. The summed E-state index contributed by atoms with van der Waals surface area (Å²) in [6.45, 7) is 11.6. The molecule has 0 aliphatic carbocycles. The second kappa shape index (κ2) is 6.58. The number of thiazole rings is 1. The number of nitrogens with one attached hydrogen (secondary N) is 1. The van der Waals surface area contributed by atoms with Crippen LogP contribution < -0.4 is 5.32 Å². The Bertz CT molecular complexity index is 1120. The molecule has 4 aromatic rings. The smallest absolute Gasteiger partial charge is 0.195 e. The molecule has 7 heteroatoms. The highest BCUT2D eigenvalue weighted by atomic mass is 32.1. The van der Waals surface area contributed by atoms with Crippen LogP contribution in [0.15, 0.2) is 49.1 Å². The van der Waals surface area contributed by atoms with E-state index in [1.54, 1.807) is 17.7 Å². The van der Waals surface area contributed by atoms with Gasteiger partial charge in [0.1, 0.15) is 6.33 Å². The van der Waals surface area contributed by atoms with E-state index in [0.29, 0.717) is 11.7 Å². The molecule has 0 saturated heterocycles. The van der Waals surface area contributed by atoms with Crippen molar-refractivity contribution in [1.29, 1.82) is 0 Å². The second-order valence-corrected chi connectivity index (χ2v) is 7.19. The minimum atomic E-state index is 0.329. The van der Waals surface area contributed by atoms with Crippen LogP contribution in [0.4, 0.5) is 10.8 Å². The molecular weight excluding hydrogens is 344 g/mol. The van der Waals surface area contributed by atoms with Crippen molar-refractivity contribution in [1.82, 2.24) is 19.6 Å². The summed E-state index contributed by atoms with van der Waals surface area (Å²) < 4.78 is 1.89. The number of anilines is 1. The minimum Gasteiger partial charge on any atom is -0.359 e. The lowest BCUT2D eigenvalue weighted by Gasteiger charge is -2.08. The first-order valence-corrected chi connectivity index (χ1v) is 9.00. The van der Waals surface area contributed by atoms with Gasteiger partial charge in [0.05, 0.1) is 11.4 Å². The Morgan fingerprint density at radius 2 is 2.08 bits per heavy atom. The maximum Gasteiger partial charge on any atom is 0.195 e. The molecule has 0 aliphatic rings. The Hall–Kier alpha value is -3.24. The summed E-state index contributed by atoms with van der Waals surface area (Å²) in [4.78, 5) is 9.15. The van der Waals surface area contributed by atoms with Gasteiger partial charge in [-0.2, -0.15) is 0 Å². The van der Waals surface area contributed by atoms with Crippen molar-refractivity contribution < 1.29 is 0 Å². The number of benzene rings is 1. The van der Waals surface area contributed by atoms with Gasteiger partial charge in [-0.15, -0.1) is 10.2 Å². The third-order valence-corrected chi connectivity index (χ3v) is 4.89. The number of fused-ring (bicyclic) bond motifs is 1. The van der Waals surface area contributed by atoms with E-state index in [-0.39, 0.29) is 0 Å². The molecule has 0 amide bonds. The van der Waals surface area contributed by atoms with Crippen molar-refractivity contribution in [3.63, 3.8) is 0 Å². The van der Waals surface area contributed by atoms with E-state index in [9.17, 15) is 0 Å². The zero-order valence-electron chi connectivity index (χ0n) is 14.3. The number of pyridine rings is 1. The summed E-state index contributed by atoms with van der Waals surface area (Å²) in [5.41, 5.74) is 4.09.